The van der Waals surface area contributed by atoms with E-state index in [1.807, 2.05) is 37.3 Å². The van der Waals surface area contributed by atoms with Crippen molar-refractivity contribution < 1.29 is 22.4 Å². The van der Waals surface area contributed by atoms with Crippen molar-refractivity contribution in [2.24, 2.45) is 0 Å². The minimum Gasteiger partial charge on any atom is -0.352 e. The van der Waals surface area contributed by atoms with Gasteiger partial charge in [0.1, 0.15) is 18.4 Å². The van der Waals surface area contributed by atoms with Crippen LogP contribution >= 0.6 is 23.2 Å². The maximum absolute atomic E-state index is 15.3. The number of carbonyl (C=O) groups is 2. The number of hydrogen-bond donors (Lipinski definition) is 1. The van der Waals surface area contributed by atoms with Crippen LogP contribution in [0.3, 0.4) is 0 Å². The fraction of sp³-hybridized carbons (Fsp3) is 0.278. The second-order valence-electron chi connectivity index (χ2n) is 11.7. The van der Waals surface area contributed by atoms with Gasteiger partial charge in [-0.05, 0) is 61.7 Å². The number of halogens is 3. The summed E-state index contributed by atoms with van der Waals surface area (Å²) in [6.07, 6.45) is 3.76. The van der Waals surface area contributed by atoms with Crippen LogP contribution in [0.4, 0.5) is 10.1 Å². The van der Waals surface area contributed by atoms with Crippen LogP contribution < -0.4 is 9.62 Å². The Morgan fingerprint density at radius 3 is 2.13 bits per heavy atom. The lowest BCUT2D eigenvalue weighted by atomic mass is 10.0. The average Bonchev–Trinajstić information content (AvgIpc) is 3.57. The first-order valence-electron chi connectivity index (χ1n) is 15.4. The number of para-hydroxylation sites is 1. The molecule has 4 aromatic rings. The fourth-order valence-corrected chi connectivity index (χ4v) is 7.72. The van der Waals surface area contributed by atoms with Crippen molar-refractivity contribution in [2.45, 2.75) is 62.6 Å². The van der Waals surface area contributed by atoms with Gasteiger partial charge in [-0.2, -0.15) is 0 Å². The monoisotopic (exact) mass is 695 g/mol. The Balaban J connectivity index is 1.60. The van der Waals surface area contributed by atoms with Crippen molar-refractivity contribution in [1.82, 2.24) is 10.2 Å². The Hall–Kier alpha value is -3.92. The molecule has 1 atom stereocenters. The van der Waals surface area contributed by atoms with Crippen LogP contribution in [0.15, 0.2) is 102 Å². The number of anilines is 1. The van der Waals surface area contributed by atoms with Gasteiger partial charge in [0.2, 0.25) is 11.8 Å². The summed E-state index contributed by atoms with van der Waals surface area (Å²) >= 11 is 13.1. The second kappa shape index (κ2) is 15.3. The molecular weight excluding hydrogens is 660 g/mol. The van der Waals surface area contributed by atoms with Crippen LogP contribution in [0, 0.1) is 12.7 Å². The number of amides is 2. The van der Waals surface area contributed by atoms with Crippen LogP contribution in [0.5, 0.6) is 0 Å². The van der Waals surface area contributed by atoms with Gasteiger partial charge in [0.25, 0.3) is 10.0 Å². The number of benzene rings is 4. The summed E-state index contributed by atoms with van der Waals surface area (Å²) in [5.41, 5.74) is 1.72. The standard InChI is InChI=1S/C36H36Cl2FN3O4S/c1-25-18-20-28(21-19-25)47(45,46)42(33-17-8-7-16-32(33)39)24-35(43)41(23-29-30(37)14-9-15-31(29)38)34(22-26-10-3-2-4-11-26)36(44)40-27-12-5-6-13-27/h2-4,7-11,14-21,27,34H,5-6,12-13,22-24H2,1H3,(H,40,44)/t34-/m0/s1. The molecule has 0 heterocycles. The van der Waals surface area contributed by atoms with E-state index in [0.29, 0.717) is 5.56 Å². The molecule has 0 aromatic heterocycles. The Bertz CT molecular complexity index is 1800. The zero-order chi connectivity index (χ0) is 33.6. The Morgan fingerprint density at radius 2 is 1.49 bits per heavy atom. The quantitative estimate of drug-likeness (QED) is 0.168. The molecule has 1 saturated carbocycles. The molecule has 47 heavy (non-hydrogen) atoms. The summed E-state index contributed by atoms with van der Waals surface area (Å²) in [7, 11) is -4.44. The summed E-state index contributed by atoms with van der Waals surface area (Å²) in [4.78, 5) is 29.9. The Kier molecular flexibility index (Phi) is 11.2. The van der Waals surface area contributed by atoms with E-state index in [4.69, 9.17) is 23.2 Å². The molecule has 1 fully saturated rings. The third-order valence-electron chi connectivity index (χ3n) is 8.37. The van der Waals surface area contributed by atoms with Crippen LogP contribution in [-0.4, -0.2) is 43.8 Å². The zero-order valence-corrected chi connectivity index (χ0v) is 28.2. The predicted octanol–water partition coefficient (Wildman–Crippen LogP) is 7.34. The third kappa shape index (κ3) is 8.33. The molecule has 0 bridgehead atoms. The van der Waals surface area contributed by atoms with Crippen molar-refractivity contribution in [1.29, 1.82) is 0 Å². The van der Waals surface area contributed by atoms with Crippen molar-refractivity contribution in [3.05, 3.63) is 130 Å². The summed E-state index contributed by atoms with van der Waals surface area (Å²) in [6, 6.07) is 24.5. The largest absolute Gasteiger partial charge is 0.352 e. The number of sulfonamides is 1. The number of aryl methyl sites for hydroxylation is 1. The number of nitrogens with zero attached hydrogens (tertiary/aromatic N) is 2. The van der Waals surface area contributed by atoms with E-state index in [1.54, 1.807) is 30.3 Å². The highest BCUT2D eigenvalue weighted by molar-refractivity contribution is 7.92. The van der Waals surface area contributed by atoms with E-state index in [-0.39, 0.29) is 45.5 Å². The summed E-state index contributed by atoms with van der Waals surface area (Å²) in [5, 5.41) is 3.68. The molecule has 246 valence electrons. The molecule has 0 radical (unpaired) electrons. The lowest BCUT2D eigenvalue weighted by Gasteiger charge is -2.34. The number of nitrogens with one attached hydrogen (secondary N) is 1. The Labute approximate surface area is 285 Å². The zero-order valence-electron chi connectivity index (χ0n) is 25.9. The number of carbonyl (C=O) groups excluding carboxylic acids is 2. The third-order valence-corrected chi connectivity index (χ3v) is 10.9. The van der Waals surface area contributed by atoms with E-state index in [9.17, 15) is 18.0 Å². The van der Waals surface area contributed by atoms with E-state index in [1.165, 1.54) is 35.2 Å². The molecule has 11 heteroatoms. The molecule has 4 aromatic carbocycles. The van der Waals surface area contributed by atoms with Gasteiger partial charge in [-0.3, -0.25) is 13.9 Å². The molecular formula is C36H36Cl2FN3O4S. The van der Waals surface area contributed by atoms with Gasteiger partial charge in [0.05, 0.1) is 10.6 Å². The topological polar surface area (TPSA) is 86.8 Å². The first-order valence-corrected chi connectivity index (χ1v) is 17.6. The van der Waals surface area contributed by atoms with Crippen LogP contribution in [0.2, 0.25) is 10.0 Å². The summed E-state index contributed by atoms with van der Waals surface area (Å²) in [5.74, 6) is -1.94. The first kappa shape index (κ1) is 34.4. The van der Waals surface area contributed by atoms with E-state index in [2.05, 4.69) is 5.32 Å². The Morgan fingerprint density at radius 1 is 0.872 bits per heavy atom. The van der Waals surface area contributed by atoms with E-state index < -0.39 is 34.3 Å². The van der Waals surface area contributed by atoms with Crippen LogP contribution in [-0.2, 0) is 32.6 Å². The maximum atomic E-state index is 15.3. The smallest absolute Gasteiger partial charge is 0.264 e. The van der Waals surface area contributed by atoms with E-state index >= 15 is 4.39 Å². The molecule has 2 amide bonds. The highest BCUT2D eigenvalue weighted by atomic mass is 35.5. The van der Waals surface area contributed by atoms with Gasteiger partial charge in [-0.25, -0.2) is 12.8 Å². The SMILES string of the molecule is Cc1ccc(S(=O)(=O)N(CC(=O)N(Cc2c(Cl)cccc2Cl)[C@@H](Cc2ccccc2)C(=O)NC2CCCC2)c2ccccc2F)cc1. The van der Waals surface area contributed by atoms with Crippen LogP contribution in [0.1, 0.15) is 42.4 Å². The molecule has 1 aliphatic rings. The minimum atomic E-state index is -4.44. The van der Waals surface area contributed by atoms with Gasteiger partial charge in [0.15, 0.2) is 0 Å². The second-order valence-corrected chi connectivity index (χ2v) is 14.4. The molecule has 1 aliphatic carbocycles. The maximum Gasteiger partial charge on any atom is 0.264 e. The highest BCUT2D eigenvalue weighted by Gasteiger charge is 2.36. The molecule has 1 N–H and O–H groups in total. The molecule has 0 unspecified atom stereocenters. The van der Waals surface area contributed by atoms with Crippen molar-refractivity contribution in [3.8, 4) is 0 Å². The average molecular weight is 697 g/mol. The molecule has 0 saturated heterocycles. The minimum absolute atomic E-state index is 0.0431. The van der Waals surface area contributed by atoms with E-state index in [0.717, 1.165) is 47.2 Å². The lowest BCUT2D eigenvalue weighted by molar-refractivity contribution is -0.140. The molecule has 7 nitrogen and oxygen atoms in total. The molecule has 0 spiro atoms. The van der Waals surface area contributed by atoms with Gasteiger partial charge < -0.3 is 10.2 Å². The van der Waals surface area contributed by atoms with Gasteiger partial charge in [-0.1, -0.05) is 102 Å². The van der Waals surface area contributed by atoms with Crippen molar-refractivity contribution in [2.75, 3.05) is 10.8 Å². The van der Waals surface area contributed by atoms with Crippen LogP contribution in [0.25, 0.3) is 0 Å². The van der Waals surface area contributed by atoms with Gasteiger partial charge in [0, 0.05) is 34.6 Å². The first-order chi connectivity index (χ1) is 22.5. The summed E-state index contributed by atoms with van der Waals surface area (Å²) in [6.45, 7) is 0.833. The molecule has 0 aliphatic heterocycles. The predicted molar refractivity (Wildman–Crippen MR) is 183 cm³/mol. The lowest BCUT2D eigenvalue weighted by Crippen LogP contribution is -2.54. The molecule has 5 rings (SSSR count). The normalized spacial score (nSPS) is 14.0. The van der Waals surface area contributed by atoms with Gasteiger partial charge in [-0.15, -0.1) is 0 Å². The van der Waals surface area contributed by atoms with Crippen molar-refractivity contribution in [3.63, 3.8) is 0 Å². The highest BCUT2D eigenvalue weighted by Crippen LogP contribution is 2.30. The van der Waals surface area contributed by atoms with Gasteiger partial charge >= 0.3 is 0 Å². The van der Waals surface area contributed by atoms with Crippen molar-refractivity contribution >= 4 is 50.7 Å². The fourth-order valence-electron chi connectivity index (χ4n) is 5.78. The number of rotatable bonds is 12. The number of hydrogen-bond acceptors (Lipinski definition) is 4. The summed E-state index contributed by atoms with van der Waals surface area (Å²) < 4.78 is 44.3.